The van der Waals surface area contributed by atoms with Crippen molar-refractivity contribution in [1.29, 1.82) is 0 Å². The van der Waals surface area contributed by atoms with Crippen LogP contribution in [0.2, 0.25) is 0 Å². The summed E-state index contributed by atoms with van der Waals surface area (Å²) in [7, 11) is 0. The predicted octanol–water partition coefficient (Wildman–Crippen LogP) is 2.11. The van der Waals surface area contributed by atoms with Crippen LogP contribution < -0.4 is 5.73 Å². The maximum absolute atomic E-state index is 6.20. The number of halogens is 1. The fraction of sp³-hybridized carbons (Fsp3) is 0.455. The first-order valence-corrected chi connectivity index (χ1v) is 5.58. The van der Waals surface area contributed by atoms with E-state index in [1.54, 1.807) is 0 Å². The van der Waals surface area contributed by atoms with Crippen LogP contribution in [0.25, 0.3) is 0 Å². The van der Waals surface area contributed by atoms with E-state index in [0.29, 0.717) is 6.61 Å². The van der Waals surface area contributed by atoms with Crippen LogP contribution in [-0.2, 0) is 11.2 Å². The summed E-state index contributed by atoms with van der Waals surface area (Å²) in [6, 6.07) is 8.29. The van der Waals surface area contributed by atoms with Gasteiger partial charge in [0.1, 0.15) is 0 Å². The molecule has 1 fully saturated rings. The van der Waals surface area contributed by atoms with E-state index in [4.69, 9.17) is 10.5 Å². The largest absolute Gasteiger partial charge is 0.379 e. The highest BCUT2D eigenvalue weighted by Crippen LogP contribution is 2.22. The Hall–Kier alpha value is -0.380. The van der Waals surface area contributed by atoms with E-state index in [1.807, 2.05) is 12.1 Å². The molecule has 1 heterocycles. The van der Waals surface area contributed by atoms with Crippen molar-refractivity contribution in [2.75, 3.05) is 13.2 Å². The Bertz CT molecular complexity index is 321. The monoisotopic (exact) mass is 255 g/mol. The topological polar surface area (TPSA) is 35.2 Å². The molecule has 2 rings (SSSR count). The second-order valence-electron chi connectivity index (χ2n) is 3.97. The van der Waals surface area contributed by atoms with Gasteiger partial charge in [-0.1, -0.05) is 28.1 Å². The zero-order chi connectivity index (χ0) is 10.0. The van der Waals surface area contributed by atoms with Crippen LogP contribution in [-0.4, -0.2) is 18.8 Å². The van der Waals surface area contributed by atoms with Gasteiger partial charge in [0.05, 0.1) is 6.61 Å². The summed E-state index contributed by atoms with van der Waals surface area (Å²) in [6.07, 6.45) is 1.85. The van der Waals surface area contributed by atoms with E-state index in [1.165, 1.54) is 5.56 Å². The van der Waals surface area contributed by atoms with E-state index >= 15 is 0 Å². The third-order valence-corrected chi connectivity index (χ3v) is 3.07. The molecule has 1 aliphatic heterocycles. The minimum Gasteiger partial charge on any atom is -0.379 e. The highest BCUT2D eigenvalue weighted by molar-refractivity contribution is 9.10. The van der Waals surface area contributed by atoms with Gasteiger partial charge in [-0.05, 0) is 30.5 Å². The maximum atomic E-state index is 6.20. The normalized spacial score (nSPS) is 26.7. The lowest BCUT2D eigenvalue weighted by Gasteiger charge is -2.21. The van der Waals surface area contributed by atoms with Crippen LogP contribution in [0.1, 0.15) is 12.0 Å². The van der Waals surface area contributed by atoms with Gasteiger partial charge >= 0.3 is 0 Å². The number of nitrogens with two attached hydrogens (primary N) is 1. The average molecular weight is 256 g/mol. The van der Waals surface area contributed by atoms with Crippen LogP contribution in [0.4, 0.5) is 0 Å². The lowest BCUT2D eigenvalue weighted by atomic mass is 9.91. The van der Waals surface area contributed by atoms with Crippen LogP contribution in [0.3, 0.4) is 0 Å². The first kappa shape index (κ1) is 10.1. The molecule has 0 aromatic heterocycles. The molecule has 1 aliphatic rings. The molecule has 76 valence electrons. The van der Waals surface area contributed by atoms with Crippen molar-refractivity contribution in [1.82, 2.24) is 0 Å². The van der Waals surface area contributed by atoms with E-state index in [2.05, 4.69) is 28.1 Å². The minimum atomic E-state index is -0.152. The fourth-order valence-corrected chi connectivity index (χ4v) is 2.26. The second kappa shape index (κ2) is 4.01. The van der Waals surface area contributed by atoms with Crippen molar-refractivity contribution in [2.24, 2.45) is 5.73 Å². The van der Waals surface area contributed by atoms with Gasteiger partial charge in [0, 0.05) is 16.6 Å². The Morgan fingerprint density at radius 1 is 1.50 bits per heavy atom. The third-order valence-electron chi connectivity index (χ3n) is 2.58. The summed E-state index contributed by atoms with van der Waals surface area (Å²) < 4.78 is 6.43. The molecule has 1 aromatic rings. The highest BCUT2D eigenvalue weighted by atomic mass is 79.9. The van der Waals surface area contributed by atoms with Gasteiger partial charge in [0.15, 0.2) is 0 Å². The number of ether oxygens (including phenoxy) is 1. The molecule has 2 N–H and O–H groups in total. The van der Waals surface area contributed by atoms with Gasteiger partial charge in [-0.3, -0.25) is 0 Å². The van der Waals surface area contributed by atoms with Gasteiger partial charge in [0.25, 0.3) is 0 Å². The van der Waals surface area contributed by atoms with E-state index in [-0.39, 0.29) is 5.54 Å². The summed E-state index contributed by atoms with van der Waals surface area (Å²) >= 11 is 3.46. The third kappa shape index (κ3) is 2.35. The Kier molecular flexibility index (Phi) is 2.91. The number of hydrogen-bond acceptors (Lipinski definition) is 2. The van der Waals surface area contributed by atoms with Crippen LogP contribution >= 0.6 is 15.9 Å². The van der Waals surface area contributed by atoms with Crippen molar-refractivity contribution in [2.45, 2.75) is 18.4 Å². The van der Waals surface area contributed by atoms with Crippen molar-refractivity contribution in [3.63, 3.8) is 0 Å². The molecule has 0 spiro atoms. The molecule has 14 heavy (non-hydrogen) atoms. The molecule has 1 aromatic carbocycles. The van der Waals surface area contributed by atoms with E-state index in [0.717, 1.165) is 23.9 Å². The first-order valence-electron chi connectivity index (χ1n) is 4.79. The van der Waals surface area contributed by atoms with Gasteiger partial charge in [-0.15, -0.1) is 0 Å². The summed E-state index contributed by atoms with van der Waals surface area (Å²) in [5.41, 5.74) is 7.32. The lowest BCUT2D eigenvalue weighted by Crippen LogP contribution is -2.42. The van der Waals surface area contributed by atoms with Crippen molar-refractivity contribution >= 4 is 15.9 Å². The molecule has 0 amide bonds. The zero-order valence-electron chi connectivity index (χ0n) is 8.00. The zero-order valence-corrected chi connectivity index (χ0v) is 9.59. The van der Waals surface area contributed by atoms with Crippen molar-refractivity contribution in [3.05, 3.63) is 34.3 Å². The Balaban J connectivity index is 2.10. The molecule has 2 nitrogen and oxygen atoms in total. The van der Waals surface area contributed by atoms with Gasteiger partial charge < -0.3 is 10.5 Å². The van der Waals surface area contributed by atoms with Crippen LogP contribution in [0, 0.1) is 0 Å². The first-order chi connectivity index (χ1) is 6.68. The summed E-state index contributed by atoms with van der Waals surface area (Å²) in [6.45, 7) is 1.48. The fourth-order valence-electron chi connectivity index (χ4n) is 1.82. The molecule has 0 radical (unpaired) electrons. The number of benzene rings is 1. The quantitative estimate of drug-likeness (QED) is 0.879. The van der Waals surface area contributed by atoms with Crippen LogP contribution in [0.15, 0.2) is 28.7 Å². The smallest absolute Gasteiger partial charge is 0.0650 e. The Morgan fingerprint density at radius 3 is 3.00 bits per heavy atom. The Morgan fingerprint density at radius 2 is 2.36 bits per heavy atom. The molecule has 0 saturated carbocycles. The summed E-state index contributed by atoms with van der Waals surface area (Å²) in [4.78, 5) is 0. The minimum absolute atomic E-state index is 0.152. The average Bonchev–Trinajstić information content (AvgIpc) is 2.51. The molecule has 0 aliphatic carbocycles. The van der Waals surface area contributed by atoms with Crippen molar-refractivity contribution in [3.8, 4) is 0 Å². The summed E-state index contributed by atoms with van der Waals surface area (Å²) in [5.74, 6) is 0. The van der Waals surface area contributed by atoms with E-state index in [9.17, 15) is 0 Å². The SMILES string of the molecule is NC1(Cc2cccc(Br)c2)CCOC1. The summed E-state index contributed by atoms with van der Waals surface area (Å²) in [5, 5.41) is 0. The Labute approximate surface area is 92.6 Å². The highest BCUT2D eigenvalue weighted by Gasteiger charge is 2.30. The number of hydrogen-bond donors (Lipinski definition) is 1. The maximum Gasteiger partial charge on any atom is 0.0650 e. The molecule has 0 bridgehead atoms. The second-order valence-corrected chi connectivity index (χ2v) is 4.89. The molecular weight excluding hydrogens is 242 g/mol. The number of rotatable bonds is 2. The van der Waals surface area contributed by atoms with Gasteiger partial charge in [-0.2, -0.15) is 0 Å². The van der Waals surface area contributed by atoms with Gasteiger partial charge in [-0.25, -0.2) is 0 Å². The molecule has 1 unspecified atom stereocenters. The molecule has 1 atom stereocenters. The van der Waals surface area contributed by atoms with Crippen molar-refractivity contribution < 1.29 is 4.74 Å². The van der Waals surface area contributed by atoms with Gasteiger partial charge in [0.2, 0.25) is 0 Å². The molecule has 3 heteroatoms. The van der Waals surface area contributed by atoms with E-state index < -0.39 is 0 Å². The standard InChI is InChI=1S/C11H14BrNO/c12-10-3-1-2-9(6-10)7-11(13)4-5-14-8-11/h1-3,6H,4-5,7-8,13H2. The lowest BCUT2D eigenvalue weighted by molar-refractivity contribution is 0.178. The van der Waals surface area contributed by atoms with Crippen LogP contribution in [0.5, 0.6) is 0 Å². The molecular formula is C11H14BrNO. The molecule has 1 saturated heterocycles. The predicted molar refractivity (Wildman–Crippen MR) is 60.2 cm³/mol.